The van der Waals surface area contributed by atoms with Crippen LogP contribution in [0.4, 0.5) is 0 Å². The third kappa shape index (κ3) is 2.62. The van der Waals surface area contributed by atoms with E-state index >= 15 is 0 Å². The van der Waals surface area contributed by atoms with Gasteiger partial charge in [-0.3, -0.25) is 4.79 Å². The third-order valence-corrected chi connectivity index (χ3v) is 5.47. The molecule has 1 aliphatic rings. The van der Waals surface area contributed by atoms with E-state index in [1.54, 1.807) is 30.3 Å². The van der Waals surface area contributed by atoms with E-state index in [0.29, 0.717) is 11.1 Å². The van der Waals surface area contributed by atoms with Crippen molar-refractivity contribution in [2.75, 3.05) is 0 Å². The summed E-state index contributed by atoms with van der Waals surface area (Å²) >= 11 is 0. The molecule has 0 bridgehead atoms. The highest BCUT2D eigenvalue weighted by molar-refractivity contribution is 7.87. The van der Waals surface area contributed by atoms with Crippen LogP contribution >= 0.6 is 0 Å². The Kier molecular flexibility index (Phi) is 3.47. The molecule has 3 aromatic rings. The first-order valence-corrected chi connectivity index (χ1v) is 9.16. The minimum atomic E-state index is -3.94. The van der Waals surface area contributed by atoms with E-state index in [9.17, 15) is 13.2 Å². The van der Waals surface area contributed by atoms with Gasteiger partial charge in [-0.1, -0.05) is 42.0 Å². The van der Waals surface area contributed by atoms with E-state index < -0.39 is 10.1 Å². The number of carbonyl (C=O) groups is 1. The lowest BCUT2D eigenvalue weighted by molar-refractivity contribution is 0.104. The van der Waals surface area contributed by atoms with Crippen molar-refractivity contribution in [3.8, 4) is 16.9 Å². The highest BCUT2D eigenvalue weighted by Crippen LogP contribution is 2.38. The van der Waals surface area contributed by atoms with Crippen molar-refractivity contribution in [2.45, 2.75) is 11.8 Å². The second kappa shape index (κ2) is 5.57. The van der Waals surface area contributed by atoms with Crippen molar-refractivity contribution in [1.29, 1.82) is 0 Å². The number of carbonyl (C=O) groups excluding carboxylic acids is 1. The number of rotatable bonds is 3. The number of aryl methyl sites for hydroxylation is 1. The number of fused-ring (bicyclic) bond motifs is 3. The fraction of sp³-hybridized carbons (Fsp3) is 0.0500. The number of ketones is 1. The fourth-order valence-corrected chi connectivity index (χ4v) is 3.86. The molecule has 0 spiro atoms. The van der Waals surface area contributed by atoms with E-state index in [1.165, 1.54) is 18.2 Å². The van der Waals surface area contributed by atoms with Crippen molar-refractivity contribution in [2.24, 2.45) is 0 Å². The molecule has 0 radical (unpaired) electrons. The van der Waals surface area contributed by atoms with Crippen LogP contribution in [0.1, 0.15) is 21.5 Å². The van der Waals surface area contributed by atoms with Gasteiger partial charge < -0.3 is 4.18 Å². The van der Waals surface area contributed by atoms with Gasteiger partial charge in [0.2, 0.25) is 0 Å². The molecule has 25 heavy (non-hydrogen) atoms. The van der Waals surface area contributed by atoms with Crippen molar-refractivity contribution < 1.29 is 17.4 Å². The molecule has 0 N–H and O–H groups in total. The van der Waals surface area contributed by atoms with Crippen LogP contribution in [0, 0.1) is 6.92 Å². The maximum absolute atomic E-state index is 12.5. The lowest BCUT2D eigenvalue weighted by atomic mass is 10.1. The van der Waals surface area contributed by atoms with Gasteiger partial charge in [-0.2, -0.15) is 8.42 Å². The maximum Gasteiger partial charge on any atom is 0.339 e. The number of hydrogen-bond acceptors (Lipinski definition) is 4. The van der Waals surface area contributed by atoms with Gasteiger partial charge >= 0.3 is 10.1 Å². The first kappa shape index (κ1) is 15.6. The Bertz CT molecular complexity index is 1100. The minimum Gasteiger partial charge on any atom is -0.379 e. The quantitative estimate of drug-likeness (QED) is 0.525. The molecular formula is C20H14O4S. The fourth-order valence-electron chi connectivity index (χ4n) is 2.94. The molecule has 0 aliphatic heterocycles. The standard InChI is InChI=1S/C20H14O4S/c1-13-6-9-15(10-7-13)25(22,23)24-14-8-11-17-16-4-2-3-5-18(16)20(21)19(17)12-14/h2-12H,1H3. The van der Waals surface area contributed by atoms with E-state index in [0.717, 1.165) is 16.7 Å². The molecule has 3 aromatic carbocycles. The zero-order chi connectivity index (χ0) is 17.6. The third-order valence-electron chi connectivity index (χ3n) is 4.21. The van der Waals surface area contributed by atoms with Crippen molar-refractivity contribution in [3.63, 3.8) is 0 Å². The first-order chi connectivity index (χ1) is 12.0. The van der Waals surface area contributed by atoms with Gasteiger partial charge in [0.15, 0.2) is 5.78 Å². The summed E-state index contributed by atoms with van der Waals surface area (Å²) in [7, 11) is -3.94. The second-order valence-corrected chi connectivity index (χ2v) is 7.48. The van der Waals surface area contributed by atoms with Crippen molar-refractivity contribution in [1.82, 2.24) is 0 Å². The second-order valence-electron chi connectivity index (χ2n) is 5.93. The number of hydrogen-bond donors (Lipinski definition) is 0. The van der Waals surface area contributed by atoms with E-state index in [-0.39, 0.29) is 16.4 Å². The Balaban J connectivity index is 1.70. The Labute approximate surface area is 145 Å². The summed E-state index contributed by atoms with van der Waals surface area (Å²) < 4.78 is 30.0. The van der Waals surface area contributed by atoms with Gasteiger partial charge in [0.05, 0.1) is 0 Å². The molecule has 124 valence electrons. The molecule has 0 atom stereocenters. The summed E-state index contributed by atoms with van der Waals surface area (Å²) in [5, 5.41) is 0. The predicted molar refractivity (Wildman–Crippen MR) is 94.3 cm³/mol. The summed E-state index contributed by atoms with van der Waals surface area (Å²) in [6, 6.07) is 18.5. The van der Waals surface area contributed by atoms with Crippen molar-refractivity contribution >= 4 is 15.9 Å². The Morgan fingerprint density at radius 2 is 1.40 bits per heavy atom. The van der Waals surface area contributed by atoms with Gasteiger partial charge in [-0.05, 0) is 48.4 Å². The Hall–Kier alpha value is -2.92. The molecule has 0 amide bonds. The summed E-state index contributed by atoms with van der Waals surface area (Å²) in [6.45, 7) is 1.88. The Morgan fingerprint density at radius 3 is 2.12 bits per heavy atom. The first-order valence-electron chi connectivity index (χ1n) is 7.75. The zero-order valence-corrected chi connectivity index (χ0v) is 14.2. The van der Waals surface area contributed by atoms with Gasteiger partial charge in [-0.15, -0.1) is 0 Å². The Morgan fingerprint density at radius 1 is 0.760 bits per heavy atom. The molecule has 0 unspecified atom stereocenters. The van der Waals surface area contributed by atoms with Crippen LogP contribution in [0.2, 0.25) is 0 Å². The topological polar surface area (TPSA) is 60.4 Å². The van der Waals surface area contributed by atoms with Gasteiger partial charge in [0.1, 0.15) is 10.6 Å². The molecule has 0 saturated carbocycles. The van der Waals surface area contributed by atoms with Crippen LogP contribution in [-0.4, -0.2) is 14.2 Å². The highest BCUT2D eigenvalue weighted by atomic mass is 32.2. The van der Waals surface area contributed by atoms with E-state index in [2.05, 4.69) is 0 Å². The molecule has 0 fully saturated rings. The largest absolute Gasteiger partial charge is 0.379 e. The van der Waals surface area contributed by atoms with Gasteiger partial charge in [0, 0.05) is 11.1 Å². The monoisotopic (exact) mass is 350 g/mol. The maximum atomic E-state index is 12.5. The average molecular weight is 350 g/mol. The van der Waals surface area contributed by atoms with Crippen LogP contribution in [0.5, 0.6) is 5.75 Å². The molecule has 5 heteroatoms. The van der Waals surface area contributed by atoms with Crippen molar-refractivity contribution in [3.05, 3.63) is 83.4 Å². The molecule has 4 rings (SSSR count). The summed E-state index contributed by atoms with van der Waals surface area (Å²) in [5.41, 5.74) is 3.69. The summed E-state index contributed by atoms with van der Waals surface area (Å²) in [4.78, 5) is 12.6. The van der Waals surface area contributed by atoms with E-state index in [1.807, 2.05) is 25.1 Å². The van der Waals surface area contributed by atoms with Crippen LogP contribution in [0.15, 0.2) is 71.6 Å². The minimum absolute atomic E-state index is 0.0770. The smallest absolute Gasteiger partial charge is 0.339 e. The molecule has 4 nitrogen and oxygen atoms in total. The van der Waals surface area contributed by atoms with Gasteiger partial charge in [-0.25, -0.2) is 0 Å². The SMILES string of the molecule is Cc1ccc(S(=O)(=O)Oc2ccc3c(c2)C(=O)c2ccccc2-3)cc1. The molecule has 0 heterocycles. The van der Waals surface area contributed by atoms with Crippen LogP contribution in [0.3, 0.4) is 0 Å². The lowest BCUT2D eigenvalue weighted by Crippen LogP contribution is -2.10. The van der Waals surface area contributed by atoms with Gasteiger partial charge in [0.25, 0.3) is 0 Å². The normalized spacial score (nSPS) is 12.6. The van der Waals surface area contributed by atoms with Crippen LogP contribution in [0.25, 0.3) is 11.1 Å². The molecule has 0 aromatic heterocycles. The zero-order valence-electron chi connectivity index (χ0n) is 13.4. The average Bonchev–Trinajstić information content (AvgIpc) is 2.88. The van der Waals surface area contributed by atoms with Crippen LogP contribution in [-0.2, 0) is 10.1 Å². The molecule has 1 aliphatic carbocycles. The van der Waals surface area contributed by atoms with Crippen LogP contribution < -0.4 is 4.18 Å². The molecule has 0 saturated heterocycles. The molecular weight excluding hydrogens is 336 g/mol. The van der Waals surface area contributed by atoms with E-state index in [4.69, 9.17) is 4.18 Å². The number of benzene rings is 3. The summed E-state index contributed by atoms with van der Waals surface area (Å²) in [5.74, 6) is 0.00395. The predicted octanol–water partition coefficient (Wildman–Crippen LogP) is 3.97. The lowest BCUT2D eigenvalue weighted by Gasteiger charge is -2.08. The summed E-state index contributed by atoms with van der Waals surface area (Å²) in [6.07, 6.45) is 0. The highest BCUT2D eigenvalue weighted by Gasteiger charge is 2.27.